The molecule has 2 heterocycles. The molecule has 0 fully saturated rings. The van der Waals surface area contributed by atoms with Crippen molar-refractivity contribution in [3.8, 4) is 11.3 Å². The van der Waals surface area contributed by atoms with Gasteiger partial charge >= 0.3 is 0 Å². The van der Waals surface area contributed by atoms with E-state index in [0.29, 0.717) is 11.3 Å². The van der Waals surface area contributed by atoms with E-state index in [0.717, 1.165) is 17.1 Å². The lowest BCUT2D eigenvalue weighted by molar-refractivity contribution is 0.547. The summed E-state index contributed by atoms with van der Waals surface area (Å²) in [5.74, 6) is 1.26. The molecule has 0 spiro atoms. The summed E-state index contributed by atoms with van der Waals surface area (Å²) >= 11 is 1.09. The van der Waals surface area contributed by atoms with Crippen molar-refractivity contribution in [1.29, 1.82) is 0 Å². The van der Waals surface area contributed by atoms with Gasteiger partial charge in [0.1, 0.15) is 15.7 Å². The molecule has 4 nitrogen and oxygen atoms in total. The molecule has 2 aromatic heterocycles. The van der Waals surface area contributed by atoms with Crippen LogP contribution in [0.1, 0.15) is 5.76 Å². The van der Waals surface area contributed by atoms with Crippen molar-refractivity contribution in [3.63, 3.8) is 0 Å². The summed E-state index contributed by atoms with van der Waals surface area (Å²) in [4.78, 5) is 0. The molecule has 0 saturated heterocycles. The van der Waals surface area contributed by atoms with Crippen LogP contribution in [0.3, 0.4) is 0 Å². The molecule has 0 radical (unpaired) electrons. The summed E-state index contributed by atoms with van der Waals surface area (Å²) in [6, 6.07) is 5.19. The van der Waals surface area contributed by atoms with E-state index in [9.17, 15) is 8.42 Å². The first-order valence-electron chi connectivity index (χ1n) is 4.15. The van der Waals surface area contributed by atoms with Crippen LogP contribution in [0, 0.1) is 6.92 Å². The molecule has 0 saturated carbocycles. The Labute approximate surface area is 91.4 Å². The Bertz CT molecular complexity index is 580. The van der Waals surface area contributed by atoms with E-state index in [-0.39, 0.29) is 4.21 Å². The third-order valence-corrected chi connectivity index (χ3v) is 4.32. The maximum absolute atomic E-state index is 11.2. The van der Waals surface area contributed by atoms with Crippen LogP contribution < -0.4 is 5.14 Å². The Kier molecular flexibility index (Phi) is 2.41. The van der Waals surface area contributed by atoms with Crippen LogP contribution >= 0.6 is 11.3 Å². The van der Waals surface area contributed by atoms with Crippen LogP contribution in [0.15, 0.2) is 32.2 Å². The van der Waals surface area contributed by atoms with E-state index in [1.807, 2.05) is 0 Å². The first kappa shape index (κ1) is 10.4. The van der Waals surface area contributed by atoms with Gasteiger partial charge in [0.2, 0.25) is 10.0 Å². The minimum atomic E-state index is -3.67. The smallest absolute Gasteiger partial charge is 0.248 e. The zero-order valence-electron chi connectivity index (χ0n) is 7.93. The molecule has 0 aliphatic heterocycles. The van der Waals surface area contributed by atoms with Crippen LogP contribution in [0.4, 0.5) is 0 Å². The number of sulfonamides is 1. The molecule has 0 aromatic carbocycles. The minimum absolute atomic E-state index is 0.136. The van der Waals surface area contributed by atoms with Gasteiger partial charge in [0.15, 0.2) is 0 Å². The molecular formula is C9H9NO3S2. The zero-order valence-corrected chi connectivity index (χ0v) is 9.56. The molecule has 0 bridgehead atoms. The lowest BCUT2D eigenvalue weighted by atomic mass is 10.3. The number of primary sulfonamides is 1. The fraction of sp³-hybridized carbons (Fsp3) is 0.111. The summed E-state index contributed by atoms with van der Waals surface area (Å²) in [5.41, 5.74) is 0.524. The molecule has 6 heteroatoms. The molecule has 80 valence electrons. The van der Waals surface area contributed by atoms with Crippen LogP contribution in [0.5, 0.6) is 0 Å². The maximum Gasteiger partial charge on any atom is 0.248 e. The average molecular weight is 243 g/mol. The highest BCUT2D eigenvalue weighted by Crippen LogP contribution is 2.32. The van der Waals surface area contributed by atoms with Gasteiger partial charge in [-0.25, -0.2) is 13.6 Å². The van der Waals surface area contributed by atoms with Gasteiger partial charge < -0.3 is 4.42 Å². The molecule has 0 aliphatic rings. The summed E-state index contributed by atoms with van der Waals surface area (Å²) in [6.07, 6.45) is 0. The molecule has 15 heavy (non-hydrogen) atoms. The molecule has 0 amide bonds. The first-order valence-corrected chi connectivity index (χ1v) is 6.58. The monoisotopic (exact) mass is 243 g/mol. The zero-order chi connectivity index (χ0) is 11.1. The Hall–Kier alpha value is -1.11. The first-order chi connectivity index (χ1) is 6.98. The summed E-state index contributed by atoms with van der Waals surface area (Å²) in [7, 11) is -3.67. The third-order valence-electron chi connectivity index (χ3n) is 1.89. The Morgan fingerprint density at radius 2 is 2.07 bits per heavy atom. The second kappa shape index (κ2) is 3.48. The van der Waals surface area contributed by atoms with Gasteiger partial charge in [-0.05, 0) is 30.5 Å². The molecule has 0 aliphatic carbocycles. The van der Waals surface area contributed by atoms with E-state index in [2.05, 4.69) is 0 Å². The van der Waals surface area contributed by atoms with Crippen LogP contribution in [-0.4, -0.2) is 8.42 Å². The second-order valence-corrected chi connectivity index (χ2v) is 5.75. The predicted molar refractivity (Wildman–Crippen MR) is 58.1 cm³/mol. The standard InChI is InChI=1S/C9H9NO3S2/c1-6-2-3-8(13-6)7-4-5-14-9(7)15(10,11)12/h2-5H,1H3,(H2,10,11,12). The Morgan fingerprint density at radius 1 is 1.33 bits per heavy atom. The highest BCUT2D eigenvalue weighted by Gasteiger charge is 2.18. The topological polar surface area (TPSA) is 73.3 Å². The highest BCUT2D eigenvalue weighted by molar-refractivity contribution is 7.91. The van der Waals surface area contributed by atoms with Crippen LogP contribution in [-0.2, 0) is 10.0 Å². The van der Waals surface area contributed by atoms with E-state index in [1.165, 1.54) is 0 Å². The van der Waals surface area contributed by atoms with Gasteiger partial charge in [-0.2, -0.15) is 0 Å². The van der Waals surface area contributed by atoms with E-state index in [4.69, 9.17) is 9.56 Å². The van der Waals surface area contributed by atoms with Crippen molar-refractivity contribution in [2.24, 2.45) is 5.14 Å². The molecule has 2 N–H and O–H groups in total. The lowest BCUT2D eigenvalue weighted by Gasteiger charge is -1.97. The van der Waals surface area contributed by atoms with Crippen molar-refractivity contribution >= 4 is 21.4 Å². The number of hydrogen-bond acceptors (Lipinski definition) is 4. The van der Waals surface area contributed by atoms with Crippen LogP contribution in [0.25, 0.3) is 11.3 Å². The quantitative estimate of drug-likeness (QED) is 0.876. The predicted octanol–water partition coefficient (Wildman–Crippen LogP) is 1.96. The van der Waals surface area contributed by atoms with Gasteiger partial charge in [-0.3, -0.25) is 0 Å². The molecular weight excluding hydrogens is 234 g/mol. The lowest BCUT2D eigenvalue weighted by Crippen LogP contribution is -2.11. The number of nitrogens with two attached hydrogens (primary N) is 1. The number of hydrogen-bond donors (Lipinski definition) is 1. The normalized spacial score (nSPS) is 11.9. The van der Waals surface area contributed by atoms with Crippen molar-refractivity contribution in [2.75, 3.05) is 0 Å². The van der Waals surface area contributed by atoms with Gasteiger partial charge in [0.25, 0.3) is 0 Å². The van der Waals surface area contributed by atoms with Crippen molar-refractivity contribution in [2.45, 2.75) is 11.1 Å². The molecule has 2 aromatic rings. The van der Waals surface area contributed by atoms with Gasteiger partial charge in [0.05, 0.1) is 0 Å². The number of thiophene rings is 1. The highest BCUT2D eigenvalue weighted by atomic mass is 32.2. The Morgan fingerprint density at radius 3 is 2.60 bits per heavy atom. The summed E-state index contributed by atoms with van der Waals surface area (Å²) in [5, 5.41) is 6.76. The van der Waals surface area contributed by atoms with Crippen molar-refractivity contribution in [1.82, 2.24) is 0 Å². The number of furan rings is 1. The second-order valence-electron chi connectivity index (χ2n) is 3.08. The maximum atomic E-state index is 11.2. The Balaban J connectivity index is 2.60. The largest absolute Gasteiger partial charge is 0.461 e. The number of aryl methyl sites for hydroxylation is 1. The van der Waals surface area contributed by atoms with E-state index >= 15 is 0 Å². The van der Waals surface area contributed by atoms with Crippen molar-refractivity contribution < 1.29 is 12.8 Å². The molecule has 0 atom stereocenters. The van der Waals surface area contributed by atoms with Gasteiger partial charge in [-0.1, -0.05) is 0 Å². The molecule has 2 rings (SSSR count). The van der Waals surface area contributed by atoms with Crippen molar-refractivity contribution in [3.05, 3.63) is 29.3 Å². The SMILES string of the molecule is Cc1ccc(-c2ccsc2S(N)(=O)=O)o1. The third kappa shape index (κ3) is 1.97. The summed E-state index contributed by atoms with van der Waals surface area (Å²) < 4.78 is 28.0. The number of rotatable bonds is 2. The van der Waals surface area contributed by atoms with Gasteiger partial charge in [-0.15, -0.1) is 11.3 Å². The summed E-state index contributed by atoms with van der Waals surface area (Å²) in [6.45, 7) is 1.80. The fourth-order valence-corrected chi connectivity index (χ4v) is 3.08. The fourth-order valence-electron chi connectivity index (χ4n) is 1.28. The van der Waals surface area contributed by atoms with E-state index < -0.39 is 10.0 Å². The van der Waals surface area contributed by atoms with Crippen LogP contribution in [0.2, 0.25) is 0 Å². The minimum Gasteiger partial charge on any atom is -0.461 e. The van der Waals surface area contributed by atoms with Gasteiger partial charge in [0, 0.05) is 5.56 Å². The molecule has 0 unspecified atom stereocenters. The van der Waals surface area contributed by atoms with E-state index in [1.54, 1.807) is 30.5 Å². The average Bonchev–Trinajstić information content (AvgIpc) is 2.68.